The molecule has 0 spiro atoms. The van der Waals surface area contributed by atoms with Crippen molar-refractivity contribution in [1.82, 2.24) is 9.78 Å². The van der Waals surface area contributed by atoms with E-state index in [1.54, 1.807) is 16.9 Å². The lowest BCUT2D eigenvalue weighted by atomic mass is 10.2. The van der Waals surface area contributed by atoms with Gasteiger partial charge in [-0.2, -0.15) is 5.10 Å². The smallest absolute Gasteiger partial charge is 0.244 e. The zero-order valence-electron chi connectivity index (χ0n) is 11.7. The number of halogens is 1. The molecule has 0 aliphatic rings. The lowest BCUT2D eigenvalue weighted by molar-refractivity contribution is -0.118. The molecule has 6 nitrogen and oxygen atoms in total. The van der Waals surface area contributed by atoms with Gasteiger partial charge in [-0.15, -0.1) is 12.4 Å². The van der Waals surface area contributed by atoms with Gasteiger partial charge in [-0.05, 0) is 5.56 Å². The topological polar surface area (TPSA) is 82.2 Å². The van der Waals surface area contributed by atoms with Crippen molar-refractivity contribution in [2.24, 2.45) is 5.73 Å². The first-order valence-electron chi connectivity index (χ1n) is 6.32. The van der Waals surface area contributed by atoms with Gasteiger partial charge in [-0.1, -0.05) is 30.3 Å². The normalized spacial score (nSPS) is 11.5. The first-order valence-corrected chi connectivity index (χ1v) is 6.32. The molecular formula is C14H19ClN4O2. The molecule has 0 saturated heterocycles. The van der Waals surface area contributed by atoms with Crippen LogP contribution in [0.5, 0.6) is 0 Å². The monoisotopic (exact) mass is 310 g/mol. The molecule has 2 rings (SSSR count). The highest BCUT2D eigenvalue weighted by atomic mass is 35.5. The third-order valence-electron chi connectivity index (χ3n) is 2.83. The van der Waals surface area contributed by atoms with Gasteiger partial charge in [0, 0.05) is 13.2 Å². The van der Waals surface area contributed by atoms with E-state index in [0.29, 0.717) is 12.4 Å². The average molecular weight is 311 g/mol. The Bertz CT molecular complexity index is 559. The fourth-order valence-corrected chi connectivity index (χ4v) is 1.80. The van der Waals surface area contributed by atoms with Crippen LogP contribution >= 0.6 is 12.4 Å². The van der Waals surface area contributed by atoms with Gasteiger partial charge < -0.3 is 15.8 Å². The van der Waals surface area contributed by atoms with Crippen molar-refractivity contribution in [3.05, 3.63) is 48.2 Å². The Hall–Kier alpha value is -1.89. The van der Waals surface area contributed by atoms with Crippen molar-refractivity contribution in [2.45, 2.75) is 12.6 Å². The van der Waals surface area contributed by atoms with Gasteiger partial charge in [0.05, 0.1) is 19.3 Å². The number of hydrogen-bond acceptors (Lipinski definition) is 4. The zero-order chi connectivity index (χ0) is 14.4. The first-order chi connectivity index (χ1) is 9.70. The van der Waals surface area contributed by atoms with Gasteiger partial charge in [0.25, 0.3) is 0 Å². The summed E-state index contributed by atoms with van der Waals surface area (Å²) in [5.41, 5.74) is 6.78. The van der Waals surface area contributed by atoms with E-state index in [2.05, 4.69) is 10.4 Å². The highest BCUT2D eigenvalue weighted by Gasteiger charge is 2.15. The molecule has 0 radical (unpaired) electrons. The Morgan fingerprint density at radius 2 is 2.10 bits per heavy atom. The van der Waals surface area contributed by atoms with Crippen LogP contribution in [0.3, 0.4) is 0 Å². The number of methoxy groups -OCH3 is 1. The number of carbonyl (C=O) groups excluding carboxylic acids is 1. The molecule has 7 heteroatoms. The van der Waals surface area contributed by atoms with E-state index >= 15 is 0 Å². The number of carbonyl (C=O) groups is 1. The molecular weight excluding hydrogens is 292 g/mol. The van der Waals surface area contributed by atoms with Gasteiger partial charge in [0.2, 0.25) is 5.91 Å². The van der Waals surface area contributed by atoms with E-state index in [1.165, 1.54) is 7.11 Å². The molecule has 21 heavy (non-hydrogen) atoms. The Balaban J connectivity index is 0.00000220. The third-order valence-corrected chi connectivity index (χ3v) is 2.83. The van der Waals surface area contributed by atoms with Gasteiger partial charge >= 0.3 is 0 Å². The zero-order valence-corrected chi connectivity index (χ0v) is 12.5. The molecule has 1 unspecified atom stereocenters. The van der Waals surface area contributed by atoms with Crippen molar-refractivity contribution >= 4 is 24.1 Å². The molecule has 0 saturated carbocycles. The molecule has 1 aromatic heterocycles. The summed E-state index contributed by atoms with van der Waals surface area (Å²) in [6.45, 7) is 0.766. The lowest BCUT2D eigenvalue weighted by Crippen LogP contribution is -2.39. The minimum atomic E-state index is -0.694. The Labute approximate surface area is 129 Å². The van der Waals surface area contributed by atoms with Crippen LogP contribution in [0.25, 0.3) is 0 Å². The second kappa shape index (κ2) is 8.41. The first kappa shape index (κ1) is 17.2. The molecule has 114 valence electrons. The summed E-state index contributed by atoms with van der Waals surface area (Å²) in [5.74, 6) is 0.326. The van der Waals surface area contributed by atoms with Crippen molar-refractivity contribution in [3.63, 3.8) is 0 Å². The van der Waals surface area contributed by atoms with Crippen LogP contribution in [-0.4, -0.2) is 35.4 Å². The van der Waals surface area contributed by atoms with Gasteiger partial charge in [0.1, 0.15) is 11.9 Å². The van der Waals surface area contributed by atoms with Crippen molar-refractivity contribution in [1.29, 1.82) is 0 Å². The highest BCUT2D eigenvalue weighted by Crippen LogP contribution is 2.10. The second-order valence-corrected chi connectivity index (χ2v) is 4.41. The summed E-state index contributed by atoms with van der Waals surface area (Å²) in [7, 11) is 1.51. The molecule has 1 atom stereocenters. The summed E-state index contributed by atoms with van der Waals surface area (Å²) < 4.78 is 6.58. The molecule has 1 aromatic carbocycles. The van der Waals surface area contributed by atoms with Crippen LogP contribution in [0.2, 0.25) is 0 Å². The third kappa shape index (κ3) is 4.86. The SMILES string of the molecule is COCC(N)C(=O)Nc1ccnn1Cc1ccccc1.Cl. The minimum absolute atomic E-state index is 0. The Kier molecular flexibility index (Phi) is 6.87. The van der Waals surface area contributed by atoms with Crippen LogP contribution in [0.15, 0.2) is 42.6 Å². The predicted molar refractivity (Wildman–Crippen MR) is 83.5 cm³/mol. The van der Waals surface area contributed by atoms with Crippen molar-refractivity contribution in [2.75, 3.05) is 19.0 Å². The maximum absolute atomic E-state index is 11.8. The minimum Gasteiger partial charge on any atom is -0.383 e. The van der Waals surface area contributed by atoms with E-state index in [1.807, 2.05) is 30.3 Å². The average Bonchev–Trinajstić information content (AvgIpc) is 2.87. The number of amides is 1. The highest BCUT2D eigenvalue weighted by molar-refractivity contribution is 5.94. The molecule has 0 aliphatic heterocycles. The van der Waals surface area contributed by atoms with Crippen LogP contribution < -0.4 is 11.1 Å². The Morgan fingerprint density at radius 3 is 2.76 bits per heavy atom. The van der Waals surface area contributed by atoms with Crippen molar-refractivity contribution < 1.29 is 9.53 Å². The maximum atomic E-state index is 11.8. The van der Waals surface area contributed by atoms with Gasteiger partial charge in [-0.3, -0.25) is 4.79 Å². The molecule has 1 heterocycles. The number of rotatable bonds is 6. The van der Waals surface area contributed by atoms with Crippen LogP contribution in [0, 0.1) is 0 Å². The summed E-state index contributed by atoms with van der Waals surface area (Å²) in [6.07, 6.45) is 1.64. The molecule has 3 N–H and O–H groups in total. The van der Waals surface area contributed by atoms with Gasteiger partial charge in [-0.25, -0.2) is 4.68 Å². The molecule has 0 bridgehead atoms. The fraction of sp³-hybridized carbons (Fsp3) is 0.286. The van der Waals surface area contributed by atoms with Crippen LogP contribution in [-0.2, 0) is 16.1 Å². The quantitative estimate of drug-likeness (QED) is 0.841. The Morgan fingerprint density at radius 1 is 1.38 bits per heavy atom. The van der Waals surface area contributed by atoms with E-state index in [0.717, 1.165) is 5.56 Å². The predicted octanol–water partition coefficient (Wildman–Crippen LogP) is 1.27. The largest absolute Gasteiger partial charge is 0.383 e. The summed E-state index contributed by atoms with van der Waals surface area (Å²) in [4.78, 5) is 11.8. The fourth-order valence-electron chi connectivity index (χ4n) is 1.80. The standard InChI is InChI=1S/C14H18N4O2.ClH/c1-20-10-12(15)14(19)17-13-7-8-16-18(13)9-11-5-3-2-4-6-11;/h2-8,12H,9-10,15H2,1H3,(H,17,19);1H. The number of nitrogens with zero attached hydrogens (tertiary/aromatic N) is 2. The molecule has 0 fully saturated rings. The van der Waals surface area contributed by atoms with E-state index < -0.39 is 6.04 Å². The van der Waals surface area contributed by atoms with Gasteiger partial charge in [0.15, 0.2) is 0 Å². The second-order valence-electron chi connectivity index (χ2n) is 4.41. The number of benzene rings is 1. The number of ether oxygens (including phenoxy) is 1. The van der Waals surface area contributed by atoms with E-state index in [9.17, 15) is 4.79 Å². The summed E-state index contributed by atoms with van der Waals surface area (Å²) in [6, 6.07) is 10.9. The van der Waals surface area contributed by atoms with Crippen molar-refractivity contribution in [3.8, 4) is 0 Å². The van der Waals surface area contributed by atoms with Crippen LogP contribution in [0.1, 0.15) is 5.56 Å². The number of nitrogens with two attached hydrogens (primary N) is 1. The van der Waals surface area contributed by atoms with E-state index in [4.69, 9.17) is 10.5 Å². The number of nitrogens with one attached hydrogen (secondary N) is 1. The lowest BCUT2D eigenvalue weighted by Gasteiger charge is -2.12. The van der Waals surface area contributed by atoms with Crippen LogP contribution in [0.4, 0.5) is 5.82 Å². The van der Waals surface area contributed by atoms with E-state index in [-0.39, 0.29) is 24.9 Å². The summed E-state index contributed by atoms with van der Waals surface area (Å²) in [5, 5.41) is 6.95. The number of aromatic nitrogens is 2. The molecule has 1 amide bonds. The number of anilines is 1. The number of hydrogen-bond donors (Lipinski definition) is 2. The summed E-state index contributed by atoms with van der Waals surface area (Å²) >= 11 is 0. The molecule has 2 aromatic rings. The molecule has 0 aliphatic carbocycles. The maximum Gasteiger partial charge on any atom is 0.244 e.